The Morgan fingerprint density at radius 3 is 2.33 bits per heavy atom. The number of hydrogen-bond acceptors (Lipinski definition) is 5. The second-order valence-corrected chi connectivity index (χ2v) is 7.30. The van der Waals surface area contributed by atoms with Crippen LogP contribution in [0.25, 0.3) is 11.4 Å². The zero-order valence-corrected chi connectivity index (χ0v) is 13.0. The molecule has 1 aromatic carbocycles. The lowest BCUT2D eigenvalue weighted by molar-refractivity contribution is 0.593. The highest BCUT2D eigenvalue weighted by atomic mass is 32.2. The fraction of sp³-hybridized carbons (Fsp3) is 0.333. The van der Waals surface area contributed by atoms with Crippen LogP contribution in [0.5, 0.6) is 0 Å². The molecule has 2 aromatic rings. The molecule has 0 spiro atoms. The largest absolute Gasteiger partial charge is 0.379 e. The molecular weight excluding hydrogens is 286 g/mol. The van der Waals surface area contributed by atoms with Crippen LogP contribution in [0.15, 0.2) is 42.7 Å². The van der Waals surface area contributed by atoms with Crippen LogP contribution in [0.3, 0.4) is 0 Å². The molecule has 0 fully saturated rings. The summed E-state index contributed by atoms with van der Waals surface area (Å²) in [6.45, 7) is 3.48. The van der Waals surface area contributed by atoms with Crippen molar-refractivity contribution >= 4 is 15.5 Å². The van der Waals surface area contributed by atoms with Crippen LogP contribution >= 0.6 is 0 Å². The predicted molar refractivity (Wildman–Crippen MR) is 84.9 cm³/mol. The van der Waals surface area contributed by atoms with Gasteiger partial charge >= 0.3 is 0 Å². The van der Waals surface area contributed by atoms with E-state index in [4.69, 9.17) is 0 Å². The number of hydrogen-bond donors (Lipinski definition) is 1. The van der Waals surface area contributed by atoms with Gasteiger partial charge in [-0.05, 0) is 6.92 Å². The summed E-state index contributed by atoms with van der Waals surface area (Å²) in [6, 6.07) is 9.51. The van der Waals surface area contributed by atoms with Gasteiger partial charge in [0, 0.05) is 17.4 Å². The van der Waals surface area contributed by atoms with E-state index in [-0.39, 0.29) is 17.5 Å². The molecule has 0 radical (unpaired) electrons. The van der Waals surface area contributed by atoms with Gasteiger partial charge in [0.05, 0.1) is 23.8 Å². The fourth-order valence-electron chi connectivity index (χ4n) is 1.96. The normalized spacial score (nSPS) is 12.9. The monoisotopic (exact) mass is 305 g/mol. The van der Waals surface area contributed by atoms with Gasteiger partial charge < -0.3 is 5.32 Å². The van der Waals surface area contributed by atoms with Crippen molar-refractivity contribution in [3.63, 3.8) is 0 Å². The molecule has 0 aliphatic rings. The Morgan fingerprint density at radius 1 is 1.14 bits per heavy atom. The van der Waals surface area contributed by atoms with Crippen molar-refractivity contribution in [2.24, 2.45) is 0 Å². The summed E-state index contributed by atoms with van der Waals surface area (Å²) in [4.78, 5) is 8.59. The summed E-state index contributed by atoms with van der Waals surface area (Å²) in [5, 5.41) is 3.11. The molecule has 112 valence electrons. The van der Waals surface area contributed by atoms with Gasteiger partial charge in [0.15, 0.2) is 15.7 Å². The number of aromatic nitrogens is 2. The first-order valence-electron chi connectivity index (χ1n) is 6.84. The highest BCUT2D eigenvalue weighted by molar-refractivity contribution is 7.91. The van der Waals surface area contributed by atoms with Gasteiger partial charge in [0.25, 0.3) is 0 Å². The Hall–Kier alpha value is -1.95. The van der Waals surface area contributed by atoms with E-state index in [0.717, 1.165) is 5.56 Å². The number of rotatable bonds is 6. The maximum absolute atomic E-state index is 11.6. The minimum atomic E-state index is -2.99. The first-order chi connectivity index (χ1) is 10.00. The summed E-state index contributed by atoms with van der Waals surface area (Å²) in [5.74, 6) is 0.904. The molecule has 2 rings (SSSR count). The van der Waals surface area contributed by atoms with Gasteiger partial charge in [0.1, 0.15) is 0 Å². The average molecular weight is 305 g/mol. The summed E-state index contributed by atoms with van der Waals surface area (Å²) < 4.78 is 23.1. The topological polar surface area (TPSA) is 72.0 Å². The Balaban J connectivity index is 2.03. The fourth-order valence-corrected chi connectivity index (χ4v) is 3.04. The zero-order valence-electron chi connectivity index (χ0n) is 12.2. The molecule has 6 heteroatoms. The van der Waals surface area contributed by atoms with Gasteiger partial charge in [0.2, 0.25) is 0 Å². The van der Waals surface area contributed by atoms with Crippen molar-refractivity contribution in [1.29, 1.82) is 0 Å². The highest BCUT2D eigenvalue weighted by Crippen LogP contribution is 2.15. The Labute approximate surface area is 125 Å². The van der Waals surface area contributed by atoms with E-state index in [9.17, 15) is 8.42 Å². The van der Waals surface area contributed by atoms with Crippen LogP contribution in [0.2, 0.25) is 0 Å². The van der Waals surface area contributed by atoms with Crippen molar-refractivity contribution in [2.75, 3.05) is 16.8 Å². The van der Waals surface area contributed by atoms with Crippen LogP contribution < -0.4 is 5.32 Å². The van der Waals surface area contributed by atoms with E-state index in [1.165, 1.54) is 0 Å². The van der Waals surface area contributed by atoms with E-state index in [1.54, 1.807) is 19.3 Å². The number of anilines is 1. The Kier molecular flexibility index (Phi) is 4.90. The van der Waals surface area contributed by atoms with Crippen LogP contribution in [0.4, 0.5) is 5.69 Å². The summed E-state index contributed by atoms with van der Waals surface area (Å²) in [5.41, 5.74) is 1.67. The smallest absolute Gasteiger partial charge is 0.159 e. The average Bonchev–Trinajstić information content (AvgIpc) is 2.48. The lowest BCUT2D eigenvalue weighted by Crippen LogP contribution is -2.26. The van der Waals surface area contributed by atoms with Crippen LogP contribution in [-0.4, -0.2) is 35.9 Å². The molecule has 0 amide bonds. The number of nitrogens with zero attached hydrogens (tertiary/aromatic N) is 2. The van der Waals surface area contributed by atoms with Gasteiger partial charge in [-0.25, -0.2) is 18.4 Å². The number of benzene rings is 1. The van der Waals surface area contributed by atoms with E-state index in [2.05, 4.69) is 15.3 Å². The first-order valence-corrected chi connectivity index (χ1v) is 8.67. The molecule has 0 saturated heterocycles. The molecule has 5 nitrogen and oxygen atoms in total. The highest BCUT2D eigenvalue weighted by Gasteiger charge is 2.13. The van der Waals surface area contributed by atoms with E-state index in [0.29, 0.717) is 11.5 Å². The van der Waals surface area contributed by atoms with Gasteiger partial charge in [-0.15, -0.1) is 0 Å². The maximum atomic E-state index is 11.6. The molecule has 21 heavy (non-hydrogen) atoms. The lowest BCUT2D eigenvalue weighted by atomic mass is 10.2. The lowest BCUT2D eigenvalue weighted by Gasteiger charge is -2.14. The number of sulfone groups is 1. The van der Waals surface area contributed by atoms with Gasteiger partial charge in [-0.1, -0.05) is 37.3 Å². The second-order valence-electron chi connectivity index (χ2n) is 4.91. The molecule has 0 saturated carbocycles. The second kappa shape index (κ2) is 6.67. The minimum absolute atomic E-state index is 0.101. The maximum Gasteiger partial charge on any atom is 0.159 e. The quantitative estimate of drug-likeness (QED) is 0.887. The van der Waals surface area contributed by atoms with Crippen molar-refractivity contribution in [3.8, 4) is 11.4 Å². The SMILES string of the molecule is CCS(=O)(=O)CC(C)Nc1cnc(-c2ccccc2)nc1. The minimum Gasteiger partial charge on any atom is -0.379 e. The van der Waals surface area contributed by atoms with Gasteiger partial charge in [-0.3, -0.25) is 0 Å². The summed E-state index contributed by atoms with van der Waals surface area (Å²) in [7, 11) is -2.99. The standard InChI is InChI=1S/C15H19N3O2S/c1-3-21(19,20)11-12(2)18-14-9-16-15(17-10-14)13-7-5-4-6-8-13/h4-10,12,18H,3,11H2,1-2H3. The van der Waals surface area contributed by atoms with Crippen LogP contribution in [-0.2, 0) is 9.84 Å². The molecule has 1 aromatic heterocycles. The Morgan fingerprint density at radius 2 is 1.76 bits per heavy atom. The third-order valence-corrected chi connectivity index (χ3v) is 4.93. The Bertz CT molecular complexity index is 670. The van der Waals surface area contributed by atoms with E-state index >= 15 is 0 Å². The summed E-state index contributed by atoms with van der Waals surface area (Å²) >= 11 is 0. The molecule has 1 N–H and O–H groups in total. The molecule has 1 heterocycles. The molecule has 1 unspecified atom stereocenters. The van der Waals surface area contributed by atoms with Crippen LogP contribution in [0.1, 0.15) is 13.8 Å². The molecular formula is C15H19N3O2S. The van der Waals surface area contributed by atoms with Crippen molar-refractivity contribution in [1.82, 2.24) is 9.97 Å². The molecule has 0 aliphatic carbocycles. The van der Waals surface area contributed by atoms with Crippen LogP contribution in [0, 0.1) is 0 Å². The predicted octanol–water partition coefficient (Wildman–Crippen LogP) is 2.38. The van der Waals surface area contributed by atoms with E-state index < -0.39 is 9.84 Å². The van der Waals surface area contributed by atoms with Crippen molar-refractivity contribution in [2.45, 2.75) is 19.9 Å². The number of nitrogens with one attached hydrogen (secondary N) is 1. The van der Waals surface area contributed by atoms with Crippen molar-refractivity contribution < 1.29 is 8.42 Å². The van der Waals surface area contributed by atoms with Crippen molar-refractivity contribution in [3.05, 3.63) is 42.7 Å². The zero-order chi connectivity index (χ0) is 15.3. The molecule has 0 bridgehead atoms. The molecule has 1 atom stereocenters. The molecule has 0 aliphatic heterocycles. The van der Waals surface area contributed by atoms with Gasteiger partial charge in [-0.2, -0.15) is 0 Å². The van der Waals surface area contributed by atoms with E-state index in [1.807, 2.05) is 37.3 Å². The third kappa shape index (κ3) is 4.53. The third-order valence-electron chi connectivity index (χ3n) is 3.04. The summed E-state index contributed by atoms with van der Waals surface area (Å²) in [6.07, 6.45) is 3.34. The first kappa shape index (κ1) is 15.4.